The van der Waals surface area contributed by atoms with E-state index in [0.29, 0.717) is 16.3 Å². The van der Waals surface area contributed by atoms with Gasteiger partial charge in [-0.25, -0.2) is 4.68 Å². The molecule has 0 fully saturated rings. The molecule has 2 aromatic rings. The van der Waals surface area contributed by atoms with Crippen LogP contribution in [0.15, 0.2) is 35.4 Å². The van der Waals surface area contributed by atoms with E-state index in [-0.39, 0.29) is 6.61 Å². The molecule has 102 valence electrons. The van der Waals surface area contributed by atoms with Crippen LogP contribution in [0.1, 0.15) is 11.3 Å². The Morgan fingerprint density at radius 3 is 2.37 bits per heavy atom. The number of benzene rings is 1. The Morgan fingerprint density at radius 1 is 1.26 bits per heavy atom. The number of rotatable bonds is 3. The number of aromatic nitrogens is 2. The highest BCUT2D eigenvalue weighted by atomic mass is 32.2. The fraction of sp³-hybridized carbons (Fsp3) is 0.250. The molecule has 0 saturated carbocycles. The van der Waals surface area contributed by atoms with Crippen molar-refractivity contribution in [3.63, 3.8) is 0 Å². The Hall–Kier alpha value is -1.47. The molecule has 3 nitrogen and oxygen atoms in total. The standard InChI is InChI=1S/C12H11F3N2OS/c1-19-11-6-10(12(13,14)15)16-17(11)9-4-2-8(7-18)3-5-9/h2-6,18H,7H2,1H3. The van der Waals surface area contributed by atoms with Crippen LogP contribution in [0.5, 0.6) is 0 Å². The summed E-state index contributed by atoms with van der Waals surface area (Å²) < 4.78 is 39.1. The summed E-state index contributed by atoms with van der Waals surface area (Å²) in [5.74, 6) is 0. The van der Waals surface area contributed by atoms with E-state index in [1.54, 1.807) is 30.5 Å². The Kier molecular flexibility index (Phi) is 3.86. The van der Waals surface area contributed by atoms with Crippen molar-refractivity contribution in [1.82, 2.24) is 9.78 Å². The molecule has 0 aliphatic heterocycles. The number of halogens is 3. The van der Waals surface area contributed by atoms with Crippen LogP contribution in [-0.4, -0.2) is 21.1 Å². The molecule has 0 bridgehead atoms. The van der Waals surface area contributed by atoms with Crippen LogP contribution in [0.25, 0.3) is 5.69 Å². The lowest BCUT2D eigenvalue weighted by molar-refractivity contribution is -0.141. The highest BCUT2D eigenvalue weighted by Gasteiger charge is 2.35. The smallest absolute Gasteiger partial charge is 0.392 e. The highest BCUT2D eigenvalue weighted by Crippen LogP contribution is 2.32. The largest absolute Gasteiger partial charge is 0.435 e. The van der Waals surface area contributed by atoms with Gasteiger partial charge in [0, 0.05) is 6.07 Å². The predicted octanol–water partition coefficient (Wildman–Crippen LogP) is 3.11. The summed E-state index contributed by atoms with van der Waals surface area (Å²) in [6.45, 7) is -0.109. The molecule has 7 heteroatoms. The zero-order chi connectivity index (χ0) is 14.0. The van der Waals surface area contributed by atoms with Gasteiger partial charge in [-0.3, -0.25) is 0 Å². The lowest BCUT2D eigenvalue weighted by Gasteiger charge is -2.06. The maximum absolute atomic E-state index is 12.6. The number of aliphatic hydroxyl groups excluding tert-OH is 1. The normalized spacial score (nSPS) is 11.8. The van der Waals surface area contributed by atoms with Crippen molar-refractivity contribution in [3.05, 3.63) is 41.6 Å². The van der Waals surface area contributed by atoms with E-state index in [2.05, 4.69) is 5.10 Å². The quantitative estimate of drug-likeness (QED) is 0.882. The Bertz CT molecular complexity index is 563. The average Bonchev–Trinajstić information content (AvgIpc) is 2.83. The number of nitrogens with zero attached hydrogens (tertiary/aromatic N) is 2. The summed E-state index contributed by atoms with van der Waals surface area (Å²) in [6, 6.07) is 7.56. The first-order valence-corrected chi connectivity index (χ1v) is 6.59. The monoisotopic (exact) mass is 288 g/mol. The fourth-order valence-corrected chi connectivity index (χ4v) is 2.12. The number of hydrogen-bond acceptors (Lipinski definition) is 3. The highest BCUT2D eigenvalue weighted by molar-refractivity contribution is 7.98. The molecule has 2 rings (SSSR count). The van der Waals surface area contributed by atoms with Crippen molar-refractivity contribution in [2.75, 3.05) is 6.26 Å². The first kappa shape index (κ1) is 14.0. The van der Waals surface area contributed by atoms with Gasteiger partial charge in [0.1, 0.15) is 5.03 Å². The number of alkyl halides is 3. The van der Waals surface area contributed by atoms with Gasteiger partial charge < -0.3 is 5.11 Å². The average molecular weight is 288 g/mol. The molecule has 0 aliphatic rings. The summed E-state index contributed by atoms with van der Waals surface area (Å²) in [5.41, 5.74) is 0.304. The van der Waals surface area contributed by atoms with Crippen LogP contribution in [0.2, 0.25) is 0 Å². The summed E-state index contributed by atoms with van der Waals surface area (Å²) in [4.78, 5) is 0. The van der Waals surface area contributed by atoms with Crippen molar-refractivity contribution >= 4 is 11.8 Å². The van der Waals surface area contributed by atoms with Gasteiger partial charge in [-0.2, -0.15) is 18.3 Å². The van der Waals surface area contributed by atoms with Crippen molar-refractivity contribution in [2.24, 2.45) is 0 Å². The number of aliphatic hydroxyl groups is 1. The molecule has 1 aromatic heterocycles. The van der Waals surface area contributed by atoms with Gasteiger partial charge in [-0.1, -0.05) is 12.1 Å². The van der Waals surface area contributed by atoms with Gasteiger partial charge >= 0.3 is 6.18 Å². The van der Waals surface area contributed by atoms with Gasteiger partial charge in [-0.05, 0) is 24.0 Å². The number of thioether (sulfide) groups is 1. The minimum atomic E-state index is -4.46. The van der Waals surface area contributed by atoms with E-state index in [4.69, 9.17) is 5.11 Å². The molecule has 1 heterocycles. The maximum Gasteiger partial charge on any atom is 0.435 e. The van der Waals surface area contributed by atoms with Gasteiger partial charge in [0.15, 0.2) is 5.69 Å². The Labute approximate surface area is 112 Å². The zero-order valence-corrected chi connectivity index (χ0v) is 10.8. The molecule has 1 aromatic carbocycles. The van der Waals surface area contributed by atoms with Crippen LogP contribution >= 0.6 is 11.8 Å². The van der Waals surface area contributed by atoms with E-state index in [9.17, 15) is 13.2 Å². The molecule has 0 amide bonds. The SMILES string of the molecule is CSc1cc(C(F)(F)F)nn1-c1ccc(CO)cc1. The predicted molar refractivity (Wildman–Crippen MR) is 66.3 cm³/mol. The molecule has 0 unspecified atom stereocenters. The van der Waals surface area contributed by atoms with Crippen molar-refractivity contribution in [1.29, 1.82) is 0 Å². The van der Waals surface area contributed by atoms with Crippen molar-refractivity contribution in [3.8, 4) is 5.69 Å². The van der Waals surface area contributed by atoms with Gasteiger partial charge in [0.25, 0.3) is 0 Å². The van der Waals surface area contributed by atoms with E-state index in [0.717, 1.165) is 6.07 Å². The summed E-state index contributed by atoms with van der Waals surface area (Å²) >= 11 is 1.19. The van der Waals surface area contributed by atoms with E-state index >= 15 is 0 Å². The fourth-order valence-electron chi connectivity index (χ4n) is 1.58. The molecule has 0 radical (unpaired) electrons. The number of hydrogen-bond donors (Lipinski definition) is 1. The second-order valence-corrected chi connectivity index (χ2v) is 4.63. The molecular formula is C12H11F3N2OS. The minimum absolute atomic E-state index is 0.109. The van der Waals surface area contributed by atoms with Crippen LogP contribution in [0.3, 0.4) is 0 Å². The lowest BCUT2D eigenvalue weighted by Crippen LogP contribution is -2.07. The first-order chi connectivity index (χ1) is 8.95. The first-order valence-electron chi connectivity index (χ1n) is 5.37. The molecule has 1 N–H and O–H groups in total. The van der Waals surface area contributed by atoms with E-state index < -0.39 is 11.9 Å². The molecule has 0 atom stereocenters. The topological polar surface area (TPSA) is 38.0 Å². The molecule has 0 aliphatic carbocycles. The second kappa shape index (κ2) is 5.26. The molecular weight excluding hydrogens is 277 g/mol. The van der Waals surface area contributed by atoms with E-state index in [1.165, 1.54) is 16.4 Å². The molecule has 0 spiro atoms. The molecule has 0 saturated heterocycles. The minimum Gasteiger partial charge on any atom is -0.392 e. The Morgan fingerprint density at radius 2 is 1.89 bits per heavy atom. The summed E-state index contributed by atoms with van der Waals surface area (Å²) in [6.07, 6.45) is -2.77. The lowest BCUT2D eigenvalue weighted by atomic mass is 10.2. The van der Waals surface area contributed by atoms with Gasteiger partial charge in [-0.15, -0.1) is 11.8 Å². The third-order valence-electron chi connectivity index (χ3n) is 2.54. The second-order valence-electron chi connectivity index (χ2n) is 3.81. The zero-order valence-electron chi connectivity index (χ0n) is 9.98. The Balaban J connectivity index is 2.45. The van der Waals surface area contributed by atoms with Crippen molar-refractivity contribution in [2.45, 2.75) is 17.8 Å². The maximum atomic E-state index is 12.6. The molecule has 19 heavy (non-hydrogen) atoms. The van der Waals surface area contributed by atoms with Gasteiger partial charge in [0.05, 0.1) is 12.3 Å². The summed E-state index contributed by atoms with van der Waals surface area (Å²) in [5, 5.41) is 12.9. The van der Waals surface area contributed by atoms with Gasteiger partial charge in [0.2, 0.25) is 0 Å². The van der Waals surface area contributed by atoms with Crippen LogP contribution in [-0.2, 0) is 12.8 Å². The van der Waals surface area contributed by atoms with Crippen LogP contribution < -0.4 is 0 Å². The van der Waals surface area contributed by atoms with Crippen LogP contribution in [0, 0.1) is 0 Å². The third kappa shape index (κ3) is 2.93. The summed E-state index contributed by atoms with van der Waals surface area (Å²) in [7, 11) is 0. The van der Waals surface area contributed by atoms with Crippen molar-refractivity contribution < 1.29 is 18.3 Å². The van der Waals surface area contributed by atoms with E-state index in [1.807, 2.05) is 0 Å². The van der Waals surface area contributed by atoms with Crippen LogP contribution in [0.4, 0.5) is 13.2 Å². The third-order valence-corrected chi connectivity index (χ3v) is 3.25.